The fourth-order valence-electron chi connectivity index (χ4n) is 5.48. The average Bonchev–Trinajstić information content (AvgIpc) is 3.51. The van der Waals surface area contributed by atoms with Crippen molar-refractivity contribution < 1.29 is 28.8 Å². The maximum absolute atomic E-state index is 12.9. The van der Waals surface area contributed by atoms with Crippen LogP contribution in [0.1, 0.15) is 40.0 Å². The zero-order chi connectivity index (χ0) is 23.3. The van der Waals surface area contributed by atoms with Crippen molar-refractivity contribution in [1.29, 1.82) is 0 Å². The molecule has 1 heterocycles. The van der Waals surface area contributed by atoms with E-state index in [2.05, 4.69) is 0 Å². The van der Waals surface area contributed by atoms with Crippen LogP contribution in [0.25, 0.3) is 0 Å². The quantitative estimate of drug-likeness (QED) is 0.219. The fraction of sp³-hybridized carbons (Fsp3) is 0.333. The summed E-state index contributed by atoms with van der Waals surface area (Å²) >= 11 is 0. The van der Waals surface area contributed by atoms with Gasteiger partial charge in [0.1, 0.15) is 0 Å². The first-order chi connectivity index (χ1) is 15.8. The number of amides is 2. The molecule has 3 aliphatic rings. The molecular formula is C24H20N2O7. The van der Waals surface area contributed by atoms with Gasteiger partial charge < -0.3 is 4.74 Å². The molecule has 9 heteroatoms. The topological polar surface area (TPSA) is 124 Å². The van der Waals surface area contributed by atoms with Crippen LogP contribution in [0.15, 0.2) is 48.5 Å². The zero-order valence-corrected chi connectivity index (χ0v) is 17.5. The minimum Gasteiger partial charge on any atom is -0.454 e. The van der Waals surface area contributed by atoms with Gasteiger partial charge in [0.25, 0.3) is 5.69 Å². The maximum Gasteiger partial charge on any atom is 0.338 e. The van der Waals surface area contributed by atoms with Crippen LogP contribution in [-0.4, -0.2) is 35.1 Å². The maximum atomic E-state index is 12.9. The third kappa shape index (κ3) is 3.49. The third-order valence-corrected chi connectivity index (χ3v) is 7.02. The predicted molar refractivity (Wildman–Crippen MR) is 114 cm³/mol. The Hall–Kier alpha value is -3.88. The van der Waals surface area contributed by atoms with Gasteiger partial charge in [-0.3, -0.25) is 29.4 Å². The summed E-state index contributed by atoms with van der Waals surface area (Å²) in [6, 6.07) is 11.0. The molecule has 9 nitrogen and oxygen atoms in total. The molecule has 4 atom stereocenters. The lowest BCUT2D eigenvalue weighted by Crippen LogP contribution is -2.32. The summed E-state index contributed by atoms with van der Waals surface area (Å²) in [7, 11) is 0. The van der Waals surface area contributed by atoms with Crippen LogP contribution in [0.2, 0.25) is 0 Å². The molecule has 168 valence electrons. The predicted octanol–water partition coefficient (Wildman–Crippen LogP) is 3.17. The largest absolute Gasteiger partial charge is 0.454 e. The number of Topliss-reactive ketones (excluding diaryl/α,β-unsaturated/α-hetero) is 1. The fourth-order valence-corrected chi connectivity index (χ4v) is 5.48. The average molecular weight is 448 g/mol. The molecule has 2 saturated carbocycles. The van der Waals surface area contributed by atoms with E-state index in [1.54, 1.807) is 0 Å². The zero-order valence-electron chi connectivity index (χ0n) is 17.5. The number of anilines is 1. The lowest BCUT2D eigenvalue weighted by molar-refractivity contribution is -0.384. The molecule has 1 aliphatic heterocycles. The van der Waals surface area contributed by atoms with Crippen LogP contribution >= 0.6 is 0 Å². The molecule has 2 amide bonds. The van der Waals surface area contributed by atoms with Crippen LogP contribution in [0.4, 0.5) is 11.4 Å². The normalized spacial score (nSPS) is 25.3. The number of carbonyl (C=O) groups excluding carboxylic acids is 4. The Kier molecular flexibility index (Phi) is 5.03. The first kappa shape index (κ1) is 21.0. The van der Waals surface area contributed by atoms with Crippen LogP contribution < -0.4 is 4.90 Å². The highest BCUT2D eigenvalue weighted by molar-refractivity contribution is 6.22. The second-order valence-corrected chi connectivity index (χ2v) is 8.75. The molecule has 1 saturated heterocycles. The molecule has 2 aliphatic carbocycles. The standard InChI is InChI=1S/C24H20N2O7/c27-19(13-3-9-18(10-4-13)26(31)32)12-33-24(30)14-5-7-17(8-6-14)25-22(28)20-15-1-2-16(11-15)21(20)23(25)29/h3-10,15-16,20-21H,1-2,11-12H2/t15-,16-,20+,21+/m0/s1. The van der Waals surface area contributed by atoms with Crippen LogP contribution in [0, 0.1) is 33.8 Å². The van der Waals surface area contributed by atoms with Crippen LogP contribution in [0.5, 0.6) is 0 Å². The number of nitrogens with zero attached hydrogens (tertiary/aromatic N) is 2. The minimum atomic E-state index is -0.731. The first-order valence-electron chi connectivity index (χ1n) is 10.8. The van der Waals surface area contributed by atoms with Gasteiger partial charge in [0.15, 0.2) is 12.4 Å². The van der Waals surface area contributed by atoms with Gasteiger partial charge >= 0.3 is 5.97 Å². The Morgan fingerprint density at radius 1 is 0.909 bits per heavy atom. The number of hydrogen-bond donors (Lipinski definition) is 0. The van der Waals surface area contributed by atoms with E-state index in [1.807, 2.05) is 0 Å². The molecule has 0 spiro atoms. The van der Waals surface area contributed by atoms with E-state index in [0.29, 0.717) is 17.5 Å². The van der Waals surface area contributed by atoms with E-state index in [1.165, 1.54) is 53.4 Å². The number of ketones is 1. The second kappa shape index (κ2) is 7.91. The van der Waals surface area contributed by atoms with E-state index < -0.39 is 23.3 Å². The molecule has 0 N–H and O–H groups in total. The molecule has 5 rings (SSSR count). The molecule has 0 unspecified atom stereocenters. The summed E-state index contributed by atoms with van der Waals surface area (Å²) in [6.45, 7) is -0.520. The molecule has 2 aromatic rings. The van der Waals surface area contributed by atoms with Crippen molar-refractivity contribution in [3.05, 3.63) is 69.8 Å². The molecule has 0 radical (unpaired) electrons. The SMILES string of the molecule is O=C(COC(=O)c1ccc(N2C(=O)[C@@H]3[C@H]4CC[C@@H](C4)[C@H]3C2=O)cc1)c1ccc([N+](=O)[O-])cc1. The minimum absolute atomic E-state index is 0.144. The van der Waals surface area contributed by atoms with Crippen LogP contribution in [0.3, 0.4) is 0 Å². The van der Waals surface area contributed by atoms with Gasteiger partial charge in [-0.1, -0.05) is 0 Å². The third-order valence-electron chi connectivity index (χ3n) is 7.02. The Morgan fingerprint density at radius 2 is 1.45 bits per heavy atom. The number of non-ortho nitro benzene ring substituents is 1. The molecule has 0 aromatic heterocycles. The Balaban J connectivity index is 1.22. The van der Waals surface area contributed by atoms with E-state index in [0.717, 1.165) is 19.3 Å². The summed E-state index contributed by atoms with van der Waals surface area (Å²) in [6.07, 6.45) is 2.97. The van der Waals surface area contributed by atoms with Crippen molar-refractivity contribution >= 4 is 34.9 Å². The molecule has 2 bridgehead atoms. The van der Waals surface area contributed by atoms with Gasteiger partial charge in [0, 0.05) is 17.7 Å². The van der Waals surface area contributed by atoms with Gasteiger partial charge in [-0.15, -0.1) is 0 Å². The summed E-state index contributed by atoms with van der Waals surface area (Å²) in [5.74, 6) is -1.37. The summed E-state index contributed by atoms with van der Waals surface area (Å²) in [4.78, 5) is 61.7. The number of imide groups is 1. The lowest BCUT2D eigenvalue weighted by atomic mass is 9.81. The number of fused-ring (bicyclic) bond motifs is 5. The van der Waals surface area contributed by atoms with E-state index >= 15 is 0 Å². The number of rotatable bonds is 6. The summed E-state index contributed by atoms with van der Waals surface area (Å²) in [5.41, 5.74) is 0.649. The number of ether oxygens (including phenoxy) is 1. The smallest absolute Gasteiger partial charge is 0.338 e. The number of esters is 1. The van der Waals surface area contributed by atoms with E-state index in [4.69, 9.17) is 4.74 Å². The Morgan fingerprint density at radius 3 is 2.00 bits per heavy atom. The van der Waals surface area contributed by atoms with Crippen LogP contribution in [-0.2, 0) is 14.3 Å². The number of hydrogen-bond acceptors (Lipinski definition) is 7. The highest BCUT2D eigenvalue weighted by Crippen LogP contribution is 2.56. The van der Waals surface area contributed by atoms with Crippen molar-refractivity contribution in [1.82, 2.24) is 0 Å². The molecule has 3 fully saturated rings. The van der Waals surface area contributed by atoms with Gasteiger partial charge in [0.2, 0.25) is 11.8 Å². The second-order valence-electron chi connectivity index (χ2n) is 8.75. The number of benzene rings is 2. The lowest BCUT2D eigenvalue weighted by Gasteiger charge is -2.19. The van der Waals surface area contributed by atoms with Crippen molar-refractivity contribution in [2.24, 2.45) is 23.7 Å². The van der Waals surface area contributed by atoms with Crippen molar-refractivity contribution in [2.75, 3.05) is 11.5 Å². The first-order valence-corrected chi connectivity index (χ1v) is 10.8. The number of nitro groups is 1. The van der Waals surface area contributed by atoms with Crippen molar-refractivity contribution in [3.8, 4) is 0 Å². The molecular weight excluding hydrogens is 428 g/mol. The monoisotopic (exact) mass is 448 g/mol. The van der Waals surface area contributed by atoms with Gasteiger partial charge in [-0.2, -0.15) is 0 Å². The highest BCUT2D eigenvalue weighted by Gasteiger charge is 2.61. The van der Waals surface area contributed by atoms with Gasteiger partial charge in [0.05, 0.1) is 28.0 Å². The van der Waals surface area contributed by atoms with Crippen molar-refractivity contribution in [2.45, 2.75) is 19.3 Å². The van der Waals surface area contributed by atoms with Crippen molar-refractivity contribution in [3.63, 3.8) is 0 Å². The molecule has 33 heavy (non-hydrogen) atoms. The van der Waals surface area contributed by atoms with Gasteiger partial charge in [-0.25, -0.2) is 4.79 Å². The van der Waals surface area contributed by atoms with E-state index in [9.17, 15) is 29.3 Å². The summed E-state index contributed by atoms with van der Waals surface area (Å²) < 4.78 is 5.06. The summed E-state index contributed by atoms with van der Waals surface area (Å²) in [5, 5.41) is 10.7. The van der Waals surface area contributed by atoms with E-state index in [-0.39, 0.29) is 40.5 Å². The number of nitro benzene ring substituents is 1. The Bertz CT molecular complexity index is 1140. The number of carbonyl (C=O) groups is 4. The van der Waals surface area contributed by atoms with Gasteiger partial charge in [-0.05, 0) is 67.5 Å². The Labute approximate surface area is 188 Å². The highest BCUT2D eigenvalue weighted by atomic mass is 16.6. The molecule has 2 aromatic carbocycles.